The van der Waals surface area contributed by atoms with E-state index < -0.39 is 20.0 Å². The molecule has 0 aliphatic carbocycles. The summed E-state index contributed by atoms with van der Waals surface area (Å²) in [6.07, 6.45) is -0.336. The van der Waals surface area contributed by atoms with Crippen molar-refractivity contribution >= 4 is 14.1 Å². The van der Waals surface area contributed by atoms with E-state index in [1.807, 2.05) is 37.1 Å². The lowest BCUT2D eigenvalue weighted by Crippen LogP contribution is -2.68. The molecular weight excluding hydrogens is 370 g/mol. The second-order valence-corrected chi connectivity index (χ2v) is 14.9. The molecule has 1 aromatic carbocycles. The molecule has 0 spiro atoms. The highest BCUT2D eigenvalue weighted by Gasteiger charge is 2.55. The Morgan fingerprint density at radius 1 is 1.21 bits per heavy atom. The summed E-state index contributed by atoms with van der Waals surface area (Å²) in [5, 5.41) is 1.92. The molecule has 28 heavy (non-hydrogen) atoms. The fourth-order valence-corrected chi connectivity index (χ4v) is 4.68. The van der Waals surface area contributed by atoms with Gasteiger partial charge in [-0.15, -0.1) is 0 Å². The number of fused-ring (bicyclic) bond motifs is 2. The van der Waals surface area contributed by atoms with Gasteiger partial charge >= 0.3 is 0 Å². The number of nitrogens with zero attached hydrogens (tertiary/aromatic N) is 1. The molecule has 0 saturated carbocycles. The zero-order chi connectivity index (χ0) is 20.7. The third-order valence-corrected chi connectivity index (χ3v) is 11.1. The number of hydrogen-bond donors (Lipinski definition) is 0. The molecule has 2 heterocycles. The van der Waals surface area contributed by atoms with Crippen LogP contribution in [0.2, 0.25) is 18.1 Å². The molecule has 2 fully saturated rings. The second-order valence-electron chi connectivity index (χ2n) is 10.1. The summed E-state index contributed by atoms with van der Waals surface area (Å²) in [4.78, 5) is 19.4. The molecule has 3 rings (SSSR count). The number of ether oxygens (including phenoxy) is 1. The van der Waals surface area contributed by atoms with Gasteiger partial charge in [0.1, 0.15) is 12.1 Å². The van der Waals surface area contributed by atoms with Crippen LogP contribution in [-0.2, 0) is 25.3 Å². The molecule has 0 N–H and O–H groups in total. The van der Waals surface area contributed by atoms with E-state index in [0.717, 1.165) is 5.56 Å². The molecule has 2 bridgehead atoms. The Kier molecular flexibility index (Phi) is 5.91. The monoisotopic (exact) mass is 405 g/mol. The van der Waals surface area contributed by atoms with Crippen molar-refractivity contribution in [1.29, 1.82) is 0 Å². The van der Waals surface area contributed by atoms with Gasteiger partial charge in [0, 0.05) is 0 Å². The summed E-state index contributed by atoms with van der Waals surface area (Å²) in [5.41, 5.74) is 0.566. The predicted octanol–water partition coefficient (Wildman–Crippen LogP) is 4.19. The van der Waals surface area contributed by atoms with E-state index in [2.05, 4.69) is 46.0 Å². The summed E-state index contributed by atoms with van der Waals surface area (Å²) in [7, 11) is -1.95. The van der Waals surface area contributed by atoms with Gasteiger partial charge in [0.05, 0.1) is 31.3 Å². The van der Waals surface area contributed by atoms with Gasteiger partial charge in [-0.3, -0.25) is 9.63 Å². The van der Waals surface area contributed by atoms with E-state index in [1.54, 1.807) is 0 Å². The first-order valence-electron chi connectivity index (χ1n) is 10.2. The van der Waals surface area contributed by atoms with Gasteiger partial charge in [0.2, 0.25) is 0 Å². The topological polar surface area (TPSA) is 48.0 Å². The van der Waals surface area contributed by atoms with E-state index >= 15 is 0 Å². The maximum atomic E-state index is 13.3. The average molecular weight is 406 g/mol. The number of benzene rings is 1. The SMILES string of the molecule is CC1(C)OC(CO[Si](C)(C)C(C)(C)C)[C@@H]2C(=O)[C@H]1CON2Cc1ccccc1. The molecule has 156 valence electrons. The molecule has 5 nitrogen and oxygen atoms in total. The molecule has 1 aromatic rings. The van der Waals surface area contributed by atoms with Crippen molar-refractivity contribution in [3.8, 4) is 0 Å². The van der Waals surface area contributed by atoms with Gasteiger partial charge < -0.3 is 9.16 Å². The van der Waals surface area contributed by atoms with Gasteiger partial charge in [-0.2, -0.15) is 5.06 Å². The summed E-state index contributed by atoms with van der Waals surface area (Å²) < 4.78 is 12.9. The molecule has 2 aliphatic heterocycles. The van der Waals surface area contributed by atoms with Crippen molar-refractivity contribution in [3.63, 3.8) is 0 Å². The largest absolute Gasteiger partial charge is 0.414 e. The van der Waals surface area contributed by atoms with Crippen LogP contribution in [0.25, 0.3) is 0 Å². The van der Waals surface area contributed by atoms with E-state index in [0.29, 0.717) is 19.8 Å². The Balaban J connectivity index is 1.81. The number of hydroxylamine groups is 2. The standard InChI is InChI=1S/C22H35NO4Si/c1-21(2,3)28(6,7)26-15-18-19-20(24)17(22(4,5)27-18)14-25-23(19)13-16-11-9-8-10-12-16/h8-12,17-19H,13-15H2,1-7H3/t17-,18?,19-/m1/s1. The highest BCUT2D eigenvalue weighted by molar-refractivity contribution is 6.74. The van der Waals surface area contributed by atoms with Crippen LogP contribution in [0.15, 0.2) is 30.3 Å². The van der Waals surface area contributed by atoms with Gasteiger partial charge in [0.15, 0.2) is 14.1 Å². The van der Waals surface area contributed by atoms with Gasteiger partial charge in [-0.05, 0) is 37.5 Å². The Bertz CT molecular complexity index is 698. The van der Waals surface area contributed by atoms with Gasteiger partial charge in [-0.25, -0.2) is 0 Å². The van der Waals surface area contributed by atoms with Crippen LogP contribution in [0, 0.1) is 5.92 Å². The molecule has 1 unspecified atom stereocenters. The molecule has 2 saturated heterocycles. The zero-order valence-corrected chi connectivity index (χ0v) is 19.3. The van der Waals surface area contributed by atoms with E-state index in [9.17, 15) is 4.79 Å². The van der Waals surface area contributed by atoms with Crippen LogP contribution in [0.3, 0.4) is 0 Å². The summed E-state index contributed by atoms with van der Waals surface area (Å²) >= 11 is 0. The lowest BCUT2D eigenvalue weighted by molar-refractivity contribution is -0.296. The van der Waals surface area contributed by atoms with E-state index in [-0.39, 0.29) is 22.8 Å². The first-order valence-corrected chi connectivity index (χ1v) is 13.1. The summed E-state index contributed by atoms with van der Waals surface area (Å²) in [6, 6.07) is 9.66. The third-order valence-electron chi connectivity index (χ3n) is 6.59. The molecule has 2 aliphatic rings. The van der Waals surface area contributed by atoms with Crippen LogP contribution in [0.5, 0.6) is 0 Å². The third kappa shape index (κ3) is 4.26. The quantitative estimate of drug-likeness (QED) is 0.688. The lowest BCUT2D eigenvalue weighted by Gasteiger charge is -2.52. The second kappa shape index (κ2) is 7.65. The molecule has 0 radical (unpaired) electrons. The molecular formula is C22H35NO4Si. The number of hydrogen-bond acceptors (Lipinski definition) is 5. The smallest absolute Gasteiger partial charge is 0.192 e. The predicted molar refractivity (Wildman–Crippen MR) is 112 cm³/mol. The molecule has 3 atom stereocenters. The lowest BCUT2D eigenvalue weighted by atomic mass is 9.79. The van der Waals surface area contributed by atoms with Crippen LogP contribution in [0.1, 0.15) is 40.2 Å². The first-order chi connectivity index (χ1) is 12.9. The molecule has 0 amide bonds. The number of Topliss-reactive ketones (excluding diaryl/α,β-unsaturated/α-hetero) is 1. The van der Waals surface area contributed by atoms with Crippen LogP contribution < -0.4 is 0 Å². The highest BCUT2D eigenvalue weighted by atomic mass is 28.4. The zero-order valence-electron chi connectivity index (χ0n) is 18.3. The van der Waals surface area contributed by atoms with Crippen LogP contribution >= 0.6 is 0 Å². The fraction of sp³-hybridized carbons (Fsp3) is 0.682. The minimum absolute atomic E-state index is 0.108. The van der Waals surface area contributed by atoms with Gasteiger partial charge in [0.25, 0.3) is 0 Å². The number of ketones is 1. The van der Waals surface area contributed by atoms with E-state index in [4.69, 9.17) is 14.0 Å². The van der Waals surface area contributed by atoms with Crippen molar-refractivity contribution < 1.29 is 18.8 Å². The Morgan fingerprint density at radius 3 is 2.46 bits per heavy atom. The van der Waals surface area contributed by atoms with Crippen molar-refractivity contribution in [3.05, 3.63) is 35.9 Å². The highest BCUT2D eigenvalue weighted by Crippen LogP contribution is 2.40. The fourth-order valence-electron chi connectivity index (χ4n) is 3.67. The Morgan fingerprint density at radius 2 is 1.86 bits per heavy atom. The summed E-state index contributed by atoms with van der Waals surface area (Å²) in [5.74, 6) is -0.0316. The normalized spacial score (nSPS) is 28.4. The Hall–Kier alpha value is -1.05. The Labute approximate surface area is 170 Å². The van der Waals surface area contributed by atoms with Crippen molar-refractivity contribution in [2.75, 3.05) is 13.2 Å². The minimum atomic E-state index is -1.95. The molecule has 0 aromatic heterocycles. The minimum Gasteiger partial charge on any atom is -0.414 e. The molecule has 6 heteroatoms. The van der Waals surface area contributed by atoms with Crippen molar-refractivity contribution in [2.24, 2.45) is 5.92 Å². The average Bonchev–Trinajstić information content (AvgIpc) is 2.58. The van der Waals surface area contributed by atoms with Crippen molar-refractivity contribution in [1.82, 2.24) is 5.06 Å². The van der Waals surface area contributed by atoms with Crippen molar-refractivity contribution in [2.45, 2.75) is 77.0 Å². The van der Waals surface area contributed by atoms with Crippen LogP contribution in [-0.4, -0.2) is 50.1 Å². The maximum absolute atomic E-state index is 13.3. The summed E-state index contributed by atoms with van der Waals surface area (Å²) in [6.45, 7) is 16.4. The number of carbonyl (C=O) groups is 1. The number of carbonyl (C=O) groups excluding carboxylic acids is 1. The van der Waals surface area contributed by atoms with Gasteiger partial charge in [-0.1, -0.05) is 51.1 Å². The number of rotatable bonds is 5. The maximum Gasteiger partial charge on any atom is 0.192 e. The van der Waals surface area contributed by atoms with E-state index in [1.165, 1.54) is 0 Å². The van der Waals surface area contributed by atoms with Crippen LogP contribution in [0.4, 0.5) is 0 Å². The first kappa shape index (κ1) is 21.7.